The number of nitrogens with one attached hydrogen (secondary N) is 3. The molecule has 0 amide bonds. The molecule has 1 saturated heterocycles. The number of rotatable bonds is 9. The molecule has 0 spiro atoms. The Labute approximate surface area is 217 Å². The molecule has 35 heavy (non-hydrogen) atoms. The van der Waals surface area contributed by atoms with Gasteiger partial charge in [-0.2, -0.15) is 0 Å². The van der Waals surface area contributed by atoms with E-state index in [4.69, 9.17) is 11.6 Å². The number of aryl methyl sites for hydroxylation is 1. The molecule has 0 radical (unpaired) electrons. The van der Waals surface area contributed by atoms with Crippen molar-refractivity contribution < 1.29 is 0 Å². The van der Waals surface area contributed by atoms with Crippen LogP contribution in [-0.2, 0) is 6.42 Å². The summed E-state index contributed by atoms with van der Waals surface area (Å²) in [7, 11) is 2.19. The number of hydrogen-bond acceptors (Lipinski definition) is 5. The van der Waals surface area contributed by atoms with Crippen LogP contribution in [0.5, 0.6) is 0 Å². The summed E-state index contributed by atoms with van der Waals surface area (Å²) in [5, 5.41) is 5.56. The zero-order chi connectivity index (χ0) is 24.0. The quantitative estimate of drug-likeness (QED) is 0.178. The number of halogens is 1. The van der Waals surface area contributed by atoms with Gasteiger partial charge < -0.3 is 20.1 Å². The average molecular weight is 506 g/mol. The van der Waals surface area contributed by atoms with Gasteiger partial charge in [0, 0.05) is 76.8 Å². The SMILES string of the molecule is CN1CCN(c2cccc(Nc3ccc(SNCCCc4c[nH]c5ccc(Cl)cc45)cc3)c2)CC1. The van der Waals surface area contributed by atoms with E-state index in [1.165, 1.54) is 21.5 Å². The molecule has 2 heterocycles. The zero-order valence-corrected chi connectivity index (χ0v) is 21.6. The lowest BCUT2D eigenvalue weighted by molar-refractivity contribution is 0.313. The van der Waals surface area contributed by atoms with Crippen LogP contribution in [0.2, 0.25) is 5.02 Å². The summed E-state index contributed by atoms with van der Waals surface area (Å²) in [4.78, 5) is 9.39. The lowest BCUT2D eigenvalue weighted by Gasteiger charge is -2.34. The molecule has 0 atom stereocenters. The van der Waals surface area contributed by atoms with E-state index in [1.807, 2.05) is 18.2 Å². The second-order valence-corrected chi connectivity index (χ2v) is 10.5. The van der Waals surface area contributed by atoms with Crippen LogP contribution in [0, 0.1) is 0 Å². The van der Waals surface area contributed by atoms with Crippen molar-refractivity contribution >= 4 is 51.5 Å². The number of hydrogen-bond donors (Lipinski definition) is 3. The predicted molar refractivity (Wildman–Crippen MR) is 151 cm³/mol. The van der Waals surface area contributed by atoms with Crippen molar-refractivity contribution in [3.63, 3.8) is 0 Å². The van der Waals surface area contributed by atoms with E-state index in [1.54, 1.807) is 11.9 Å². The van der Waals surface area contributed by atoms with Crippen LogP contribution in [0.15, 0.2) is 77.8 Å². The fourth-order valence-electron chi connectivity index (χ4n) is 4.46. The minimum Gasteiger partial charge on any atom is -0.369 e. The Balaban J connectivity index is 1.08. The molecular formula is C28H32ClN5S. The van der Waals surface area contributed by atoms with E-state index in [0.717, 1.165) is 67.5 Å². The number of likely N-dealkylation sites (N-methyl/N-ethyl adjacent to an activating group) is 1. The van der Waals surface area contributed by atoms with Gasteiger partial charge in [-0.3, -0.25) is 4.72 Å². The molecule has 3 N–H and O–H groups in total. The van der Waals surface area contributed by atoms with Crippen molar-refractivity contribution in [2.24, 2.45) is 0 Å². The Kier molecular flexibility index (Phi) is 7.84. The Morgan fingerprint density at radius 2 is 1.77 bits per heavy atom. The average Bonchev–Trinajstić information content (AvgIpc) is 3.27. The number of aromatic amines is 1. The second-order valence-electron chi connectivity index (χ2n) is 9.09. The van der Waals surface area contributed by atoms with Gasteiger partial charge >= 0.3 is 0 Å². The van der Waals surface area contributed by atoms with Crippen molar-refractivity contribution in [3.8, 4) is 0 Å². The van der Waals surface area contributed by atoms with Gasteiger partial charge in [-0.1, -0.05) is 17.7 Å². The molecular weight excluding hydrogens is 474 g/mol. The number of nitrogens with zero attached hydrogens (tertiary/aromatic N) is 2. The largest absolute Gasteiger partial charge is 0.369 e. The third-order valence-corrected chi connectivity index (χ3v) is 7.59. The number of H-pyrrole nitrogens is 1. The third kappa shape index (κ3) is 6.33. The van der Waals surface area contributed by atoms with Gasteiger partial charge in [0.25, 0.3) is 0 Å². The number of piperazine rings is 1. The minimum atomic E-state index is 0.785. The van der Waals surface area contributed by atoms with E-state index in [9.17, 15) is 0 Å². The highest BCUT2D eigenvalue weighted by molar-refractivity contribution is 7.97. The highest BCUT2D eigenvalue weighted by atomic mass is 35.5. The fourth-order valence-corrected chi connectivity index (χ4v) is 5.32. The van der Waals surface area contributed by atoms with Crippen molar-refractivity contribution in [1.82, 2.24) is 14.6 Å². The van der Waals surface area contributed by atoms with Crippen LogP contribution < -0.4 is 14.9 Å². The maximum atomic E-state index is 6.16. The molecule has 1 fully saturated rings. The van der Waals surface area contributed by atoms with Gasteiger partial charge in [-0.05, 0) is 98.1 Å². The van der Waals surface area contributed by atoms with E-state index in [0.29, 0.717) is 0 Å². The highest BCUT2D eigenvalue weighted by Gasteiger charge is 2.14. The Morgan fingerprint density at radius 1 is 0.943 bits per heavy atom. The Hall–Kier alpha value is -2.64. The van der Waals surface area contributed by atoms with E-state index >= 15 is 0 Å². The summed E-state index contributed by atoms with van der Waals surface area (Å²) in [5.74, 6) is 0. The monoisotopic (exact) mass is 505 g/mol. The summed E-state index contributed by atoms with van der Waals surface area (Å²) in [6.45, 7) is 5.33. The number of aromatic nitrogens is 1. The summed E-state index contributed by atoms with van der Waals surface area (Å²) >= 11 is 7.84. The van der Waals surface area contributed by atoms with Gasteiger partial charge in [0.1, 0.15) is 0 Å². The second kappa shape index (κ2) is 11.4. The molecule has 5 rings (SSSR count). The summed E-state index contributed by atoms with van der Waals surface area (Å²) in [6, 6.07) is 23.3. The van der Waals surface area contributed by atoms with Crippen molar-refractivity contribution in [2.75, 3.05) is 50.0 Å². The molecule has 182 valence electrons. The van der Waals surface area contributed by atoms with E-state index in [2.05, 4.69) is 86.6 Å². The molecule has 1 aliphatic heterocycles. The molecule has 0 unspecified atom stereocenters. The first-order valence-electron chi connectivity index (χ1n) is 12.2. The van der Waals surface area contributed by atoms with Crippen LogP contribution in [0.3, 0.4) is 0 Å². The van der Waals surface area contributed by atoms with Crippen molar-refractivity contribution in [1.29, 1.82) is 0 Å². The lowest BCUT2D eigenvalue weighted by Crippen LogP contribution is -2.44. The lowest BCUT2D eigenvalue weighted by atomic mass is 10.1. The fraction of sp³-hybridized carbons (Fsp3) is 0.286. The van der Waals surface area contributed by atoms with Crippen molar-refractivity contribution in [3.05, 3.63) is 83.5 Å². The molecule has 4 aromatic rings. The van der Waals surface area contributed by atoms with Crippen LogP contribution in [0.1, 0.15) is 12.0 Å². The summed E-state index contributed by atoms with van der Waals surface area (Å²) in [6.07, 6.45) is 4.18. The van der Waals surface area contributed by atoms with Crippen molar-refractivity contribution in [2.45, 2.75) is 17.7 Å². The van der Waals surface area contributed by atoms with Crippen LogP contribution in [0.4, 0.5) is 17.1 Å². The van der Waals surface area contributed by atoms with Gasteiger partial charge in [-0.25, -0.2) is 0 Å². The maximum Gasteiger partial charge on any atom is 0.0457 e. The third-order valence-electron chi connectivity index (χ3n) is 6.50. The summed E-state index contributed by atoms with van der Waals surface area (Å²) in [5.41, 5.74) is 5.98. The van der Waals surface area contributed by atoms with Crippen LogP contribution >= 0.6 is 23.5 Å². The normalized spacial score (nSPS) is 14.5. The van der Waals surface area contributed by atoms with Gasteiger partial charge in [0.2, 0.25) is 0 Å². The first-order chi connectivity index (χ1) is 17.1. The van der Waals surface area contributed by atoms with Crippen LogP contribution in [0.25, 0.3) is 10.9 Å². The smallest absolute Gasteiger partial charge is 0.0457 e. The number of fused-ring (bicyclic) bond motifs is 1. The van der Waals surface area contributed by atoms with E-state index < -0.39 is 0 Å². The molecule has 5 nitrogen and oxygen atoms in total. The first-order valence-corrected chi connectivity index (χ1v) is 13.4. The van der Waals surface area contributed by atoms with Gasteiger partial charge in [0.15, 0.2) is 0 Å². The van der Waals surface area contributed by atoms with Gasteiger partial charge in [-0.15, -0.1) is 0 Å². The highest BCUT2D eigenvalue weighted by Crippen LogP contribution is 2.26. The molecule has 7 heteroatoms. The summed E-state index contributed by atoms with van der Waals surface area (Å²) < 4.78 is 3.49. The molecule has 1 aromatic heterocycles. The maximum absolute atomic E-state index is 6.16. The predicted octanol–water partition coefficient (Wildman–Crippen LogP) is 6.55. The molecule has 0 saturated carbocycles. The topological polar surface area (TPSA) is 46.3 Å². The molecule has 0 bridgehead atoms. The Morgan fingerprint density at radius 3 is 2.60 bits per heavy atom. The molecule has 1 aliphatic rings. The first kappa shape index (κ1) is 24.1. The standard InChI is InChI=1S/C28H32ClN5S/c1-33-14-16-34(17-15-33)25-6-2-5-24(19-25)32-23-8-10-26(11-9-23)35-31-13-3-4-21-20-30-28-12-7-22(29)18-27(21)28/h2,5-12,18-20,30-32H,3-4,13-17H2,1H3. The van der Waals surface area contributed by atoms with Crippen LogP contribution in [-0.4, -0.2) is 49.7 Å². The molecule has 0 aliphatic carbocycles. The van der Waals surface area contributed by atoms with E-state index in [-0.39, 0.29) is 0 Å². The Bertz CT molecular complexity index is 1250. The number of benzene rings is 3. The zero-order valence-electron chi connectivity index (χ0n) is 20.1. The van der Waals surface area contributed by atoms with Gasteiger partial charge in [0.05, 0.1) is 0 Å². The minimum absolute atomic E-state index is 0.785. The number of anilines is 3. The molecule has 3 aromatic carbocycles.